The minimum Gasteiger partial charge on any atom is -0.475 e. The fraction of sp³-hybridized carbons (Fsp3) is 0.531. The summed E-state index contributed by atoms with van der Waals surface area (Å²) in [6, 6.07) is 16.6. The second-order valence-electron chi connectivity index (χ2n) is 11.7. The average molecular weight is 637 g/mol. The Morgan fingerprint density at radius 2 is 1.38 bits per heavy atom. The van der Waals surface area contributed by atoms with Gasteiger partial charge < -0.3 is 30.0 Å². The Balaban J connectivity index is 0.000000900. The molecule has 1 saturated heterocycles. The van der Waals surface area contributed by atoms with Gasteiger partial charge in [-0.05, 0) is 96.4 Å². The van der Waals surface area contributed by atoms with Crippen molar-refractivity contribution in [1.82, 2.24) is 19.6 Å². The third-order valence-electron chi connectivity index (χ3n) is 7.15. The number of carboxylic acid groups (broad SMARTS) is 1. The first-order chi connectivity index (χ1) is 21.1. The molecule has 1 aliphatic rings. The Hall–Kier alpha value is -3.68. The Labute approximate surface area is 264 Å². The van der Waals surface area contributed by atoms with Crippen LogP contribution in [-0.4, -0.2) is 129 Å². The molecule has 0 aliphatic carbocycles. The van der Waals surface area contributed by atoms with Gasteiger partial charge in [0, 0.05) is 57.2 Å². The van der Waals surface area contributed by atoms with Crippen LogP contribution >= 0.6 is 0 Å². The number of carbonyl (C=O) groups is 3. The highest BCUT2D eigenvalue weighted by molar-refractivity contribution is 6.39. The van der Waals surface area contributed by atoms with Crippen LogP contribution < -0.4 is 10.2 Å². The van der Waals surface area contributed by atoms with Crippen molar-refractivity contribution in [2.24, 2.45) is 0 Å². The van der Waals surface area contributed by atoms with Crippen LogP contribution in [0.5, 0.6) is 0 Å². The van der Waals surface area contributed by atoms with Gasteiger partial charge in [-0.3, -0.25) is 14.5 Å². The molecule has 0 unspecified atom stereocenters. The number of carbonyl (C=O) groups excluding carboxylic acids is 2. The molecule has 3 rings (SSSR count). The van der Waals surface area contributed by atoms with E-state index in [1.54, 1.807) is 4.90 Å². The monoisotopic (exact) mass is 636 g/mol. The molecule has 2 amide bonds. The number of nitrogens with zero attached hydrogens (tertiary/aromatic N) is 5. The first-order valence-corrected chi connectivity index (χ1v) is 15.0. The molecular weight excluding hydrogens is 589 g/mol. The summed E-state index contributed by atoms with van der Waals surface area (Å²) in [4.78, 5) is 45.4. The number of anilines is 2. The van der Waals surface area contributed by atoms with Gasteiger partial charge in [0.2, 0.25) is 0 Å². The Kier molecular flexibility index (Phi) is 15.3. The summed E-state index contributed by atoms with van der Waals surface area (Å²) in [6.07, 6.45) is -3.41. The van der Waals surface area contributed by atoms with Crippen LogP contribution in [0.3, 0.4) is 0 Å². The number of halogens is 3. The second-order valence-corrected chi connectivity index (χ2v) is 11.7. The number of amides is 2. The molecular formula is C32H47F3N6O4. The number of aliphatic carboxylic acids is 1. The van der Waals surface area contributed by atoms with Crippen LogP contribution in [0, 0.1) is 6.92 Å². The summed E-state index contributed by atoms with van der Waals surface area (Å²) >= 11 is 0. The van der Waals surface area contributed by atoms with E-state index in [4.69, 9.17) is 9.90 Å². The van der Waals surface area contributed by atoms with Gasteiger partial charge in [0.15, 0.2) is 0 Å². The van der Waals surface area contributed by atoms with Gasteiger partial charge in [-0.2, -0.15) is 13.2 Å². The number of piperazine rings is 1. The van der Waals surface area contributed by atoms with E-state index in [1.807, 2.05) is 52.5 Å². The van der Waals surface area contributed by atoms with Crippen LogP contribution in [0.4, 0.5) is 24.5 Å². The van der Waals surface area contributed by atoms with Crippen molar-refractivity contribution in [1.29, 1.82) is 0 Å². The van der Waals surface area contributed by atoms with Gasteiger partial charge in [-0.15, -0.1) is 0 Å². The second kappa shape index (κ2) is 18.3. The highest BCUT2D eigenvalue weighted by atomic mass is 19.4. The Bertz CT molecular complexity index is 1200. The minimum atomic E-state index is -5.08. The van der Waals surface area contributed by atoms with E-state index >= 15 is 0 Å². The predicted molar refractivity (Wildman–Crippen MR) is 170 cm³/mol. The number of hydrogen-bond acceptors (Lipinski definition) is 7. The number of hydrogen-bond donors (Lipinski definition) is 2. The van der Waals surface area contributed by atoms with Gasteiger partial charge >= 0.3 is 24.0 Å². The van der Waals surface area contributed by atoms with Crippen molar-refractivity contribution in [3.8, 4) is 0 Å². The first kappa shape index (κ1) is 37.5. The lowest BCUT2D eigenvalue weighted by Crippen LogP contribution is -2.46. The third kappa shape index (κ3) is 14.3. The molecule has 45 heavy (non-hydrogen) atoms. The van der Waals surface area contributed by atoms with E-state index in [-0.39, 0.29) is 0 Å². The smallest absolute Gasteiger partial charge is 0.475 e. The zero-order valence-corrected chi connectivity index (χ0v) is 26.9. The standard InChI is InChI=1S/C30H46N6O2.C2HF3O2/c1-25-9-6-10-28(23-25)35-21-19-34(20-22-35)24-26-11-13-27(14-12-26)31-29(37)30(38)36(17-7-15-32(2)3)18-8-16-33(4)5;3-2(4,5)1(6)7/h6,9-14,23H,7-8,15-22,24H2,1-5H3,(H,31,37);(H,6,7). The van der Waals surface area contributed by atoms with Crippen molar-refractivity contribution >= 4 is 29.2 Å². The topological polar surface area (TPSA) is 99.7 Å². The molecule has 2 N–H and O–H groups in total. The largest absolute Gasteiger partial charge is 0.490 e. The van der Waals surface area contributed by atoms with E-state index in [2.05, 4.69) is 56.1 Å². The van der Waals surface area contributed by atoms with Gasteiger partial charge in [0.1, 0.15) is 0 Å². The Morgan fingerprint density at radius 1 is 0.844 bits per heavy atom. The number of rotatable bonds is 12. The molecule has 0 atom stereocenters. The van der Waals surface area contributed by atoms with Crippen molar-refractivity contribution in [2.75, 3.05) is 90.8 Å². The van der Waals surface area contributed by atoms with Gasteiger partial charge in [-0.25, -0.2) is 4.79 Å². The minimum absolute atomic E-state index is 0.460. The molecule has 1 heterocycles. The normalized spacial score (nSPS) is 13.8. The summed E-state index contributed by atoms with van der Waals surface area (Å²) in [7, 11) is 8.06. The van der Waals surface area contributed by atoms with Crippen LogP contribution in [0.25, 0.3) is 0 Å². The van der Waals surface area contributed by atoms with Crippen LogP contribution in [-0.2, 0) is 20.9 Å². The fourth-order valence-electron chi connectivity index (χ4n) is 4.74. The lowest BCUT2D eigenvalue weighted by molar-refractivity contribution is -0.192. The molecule has 2 aromatic rings. The summed E-state index contributed by atoms with van der Waals surface area (Å²) < 4.78 is 31.7. The maximum absolute atomic E-state index is 13.0. The molecule has 1 aliphatic heterocycles. The van der Waals surface area contributed by atoms with E-state index in [0.29, 0.717) is 18.8 Å². The van der Waals surface area contributed by atoms with Gasteiger partial charge in [0.05, 0.1) is 0 Å². The van der Waals surface area contributed by atoms with Gasteiger partial charge in [0.25, 0.3) is 0 Å². The zero-order chi connectivity index (χ0) is 33.6. The predicted octanol–water partition coefficient (Wildman–Crippen LogP) is 3.62. The Morgan fingerprint density at radius 3 is 1.84 bits per heavy atom. The third-order valence-corrected chi connectivity index (χ3v) is 7.15. The fourth-order valence-corrected chi connectivity index (χ4v) is 4.74. The molecule has 0 saturated carbocycles. The quantitative estimate of drug-likeness (QED) is 0.341. The zero-order valence-electron chi connectivity index (χ0n) is 26.9. The molecule has 0 spiro atoms. The molecule has 0 aromatic heterocycles. The lowest BCUT2D eigenvalue weighted by Gasteiger charge is -2.36. The number of aryl methyl sites for hydroxylation is 1. The maximum atomic E-state index is 13.0. The van der Waals surface area contributed by atoms with Gasteiger partial charge in [-0.1, -0.05) is 24.3 Å². The van der Waals surface area contributed by atoms with Crippen molar-refractivity contribution in [3.63, 3.8) is 0 Å². The SMILES string of the molecule is Cc1cccc(N2CCN(Cc3ccc(NC(=O)C(=O)N(CCCN(C)C)CCCN(C)C)cc3)CC2)c1.O=C(O)C(F)(F)F. The first-order valence-electron chi connectivity index (χ1n) is 15.0. The average Bonchev–Trinajstić information content (AvgIpc) is 2.97. The summed E-state index contributed by atoms with van der Waals surface area (Å²) in [5.74, 6) is -3.79. The van der Waals surface area contributed by atoms with Crippen LogP contribution in [0.2, 0.25) is 0 Å². The number of alkyl halides is 3. The highest BCUT2D eigenvalue weighted by Crippen LogP contribution is 2.19. The molecule has 250 valence electrons. The molecule has 1 fully saturated rings. The van der Waals surface area contributed by atoms with E-state index in [1.165, 1.54) is 16.8 Å². The molecule has 0 bridgehead atoms. The van der Waals surface area contributed by atoms with Crippen molar-refractivity contribution < 1.29 is 32.7 Å². The molecule has 0 radical (unpaired) electrons. The van der Waals surface area contributed by atoms with Crippen molar-refractivity contribution in [2.45, 2.75) is 32.5 Å². The van der Waals surface area contributed by atoms with E-state index in [9.17, 15) is 22.8 Å². The lowest BCUT2D eigenvalue weighted by atomic mass is 10.1. The highest BCUT2D eigenvalue weighted by Gasteiger charge is 2.38. The van der Waals surface area contributed by atoms with Crippen LogP contribution in [0.1, 0.15) is 24.0 Å². The summed E-state index contributed by atoms with van der Waals surface area (Å²) in [5.41, 5.74) is 4.44. The summed E-state index contributed by atoms with van der Waals surface area (Å²) in [5, 5.41) is 9.93. The number of nitrogens with one attached hydrogen (secondary N) is 1. The molecule has 2 aromatic carbocycles. The number of carboxylic acids is 1. The van der Waals surface area contributed by atoms with E-state index < -0.39 is 24.0 Å². The molecule has 10 nitrogen and oxygen atoms in total. The van der Waals surface area contributed by atoms with E-state index in [0.717, 1.165) is 58.7 Å². The summed E-state index contributed by atoms with van der Waals surface area (Å²) in [6.45, 7) is 9.97. The van der Waals surface area contributed by atoms with Crippen molar-refractivity contribution in [3.05, 3.63) is 59.7 Å². The number of benzene rings is 2. The maximum Gasteiger partial charge on any atom is 0.490 e. The van der Waals surface area contributed by atoms with Crippen LogP contribution in [0.15, 0.2) is 48.5 Å². The molecule has 13 heteroatoms.